The van der Waals surface area contributed by atoms with Crippen LogP contribution in [0.1, 0.15) is 0 Å². The van der Waals surface area contributed by atoms with E-state index in [1.54, 1.807) is 0 Å². The fraction of sp³-hybridized carbons (Fsp3) is 0.222. The lowest BCUT2D eigenvalue weighted by Gasteiger charge is -2.14. The molecule has 3 heteroatoms. The Morgan fingerprint density at radius 1 is 1.58 bits per heavy atom. The zero-order valence-electron chi connectivity index (χ0n) is 6.99. The lowest BCUT2D eigenvalue weighted by Crippen LogP contribution is -2.16. The molecule has 0 bridgehead atoms. The Hall–Kier alpha value is -1.69. The van der Waals surface area contributed by atoms with Gasteiger partial charge in [0.2, 0.25) is 0 Å². The molecule has 0 spiro atoms. The summed E-state index contributed by atoms with van der Waals surface area (Å²) in [5, 5.41) is 8.44. The molecule has 12 heavy (non-hydrogen) atoms. The van der Waals surface area contributed by atoms with Crippen LogP contribution >= 0.6 is 0 Å². The Morgan fingerprint density at radius 3 is 2.92 bits per heavy atom. The van der Waals surface area contributed by atoms with Crippen molar-refractivity contribution in [3.63, 3.8) is 0 Å². The van der Waals surface area contributed by atoms with Gasteiger partial charge in [-0.15, -0.1) is 0 Å². The van der Waals surface area contributed by atoms with Gasteiger partial charge in [-0.05, 0) is 18.2 Å². The molecule has 0 aromatic heterocycles. The molecule has 1 aromatic rings. The summed E-state index contributed by atoms with van der Waals surface area (Å²) in [5.74, 6) is 0. The van der Waals surface area contributed by atoms with Gasteiger partial charge in [0.1, 0.15) is 6.54 Å². The third-order valence-corrected chi connectivity index (χ3v) is 1.62. The first-order chi connectivity index (χ1) is 5.74. The van der Waals surface area contributed by atoms with Crippen molar-refractivity contribution in [1.82, 2.24) is 0 Å². The highest BCUT2D eigenvalue weighted by atomic mass is 15.1. The van der Waals surface area contributed by atoms with Crippen LogP contribution in [0.3, 0.4) is 0 Å². The summed E-state index contributed by atoms with van der Waals surface area (Å²) in [6.07, 6.45) is 0. The quantitative estimate of drug-likeness (QED) is 0.524. The number of anilines is 2. The van der Waals surface area contributed by atoms with Crippen LogP contribution in [0.25, 0.3) is 0 Å². The first kappa shape index (κ1) is 8.41. The average Bonchev–Trinajstić information content (AvgIpc) is 2.05. The van der Waals surface area contributed by atoms with Crippen LogP contribution in [0.2, 0.25) is 0 Å². The third-order valence-electron chi connectivity index (χ3n) is 1.62. The SMILES string of the molecule is CN(CC#N)c1cccc(N)c1. The van der Waals surface area contributed by atoms with Crippen molar-refractivity contribution in [2.75, 3.05) is 24.2 Å². The topological polar surface area (TPSA) is 53.0 Å². The Morgan fingerprint density at radius 2 is 2.33 bits per heavy atom. The van der Waals surface area contributed by atoms with Gasteiger partial charge in [0.15, 0.2) is 0 Å². The van der Waals surface area contributed by atoms with E-state index in [-0.39, 0.29) is 0 Å². The second-order valence-corrected chi connectivity index (χ2v) is 2.61. The van der Waals surface area contributed by atoms with E-state index in [1.165, 1.54) is 0 Å². The fourth-order valence-corrected chi connectivity index (χ4v) is 0.960. The van der Waals surface area contributed by atoms with E-state index in [1.807, 2.05) is 36.2 Å². The Bertz CT molecular complexity index is 301. The maximum absolute atomic E-state index is 8.44. The van der Waals surface area contributed by atoms with Crippen LogP contribution in [0.4, 0.5) is 11.4 Å². The fourth-order valence-electron chi connectivity index (χ4n) is 0.960. The monoisotopic (exact) mass is 161 g/mol. The van der Waals surface area contributed by atoms with Crippen molar-refractivity contribution in [2.45, 2.75) is 0 Å². The van der Waals surface area contributed by atoms with Crippen molar-refractivity contribution in [2.24, 2.45) is 0 Å². The van der Waals surface area contributed by atoms with E-state index in [0.29, 0.717) is 6.54 Å². The Kier molecular flexibility index (Phi) is 2.54. The number of rotatable bonds is 2. The van der Waals surface area contributed by atoms with E-state index < -0.39 is 0 Å². The minimum absolute atomic E-state index is 0.378. The maximum Gasteiger partial charge on any atom is 0.105 e. The van der Waals surface area contributed by atoms with Gasteiger partial charge in [-0.2, -0.15) is 5.26 Å². The van der Waals surface area contributed by atoms with Gasteiger partial charge in [-0.25, -0.2) is 0 Å². The van der Waals surface area contributed by atoms with Gasteiger partial charge in [0, 0.05) is 18.4 Å². The van der Waals surface area contributed by atoms with E-state index >= 15 is 0 Å². The van der Waals surface area contributed by atoms with Crippen molar-refractivity contribution >= 4 is 11.4 Å². The van der Waals surface area contributed by atoms with E-state index in [9.17, 15) is 0 Å². The molecule has 1 rings (SSSR count). The molecule has 0 aliphatic heterocycles. The molecule has 0 radical (unpaired) electrons. The van der Waals surface area contributed by atoms with E-state index in [4.69, 9.17) is 11.0 Å². The summed E-state index contributed by atoms with van der Waals surface area (Å²) in [7, 11) is 1.86. The number of nitrogens with zero attached hydrogens (tertiary/aromatic N) is 2. The summed E-state index contributed by atoms with van der Waals surface area (Å²) in [6.45, 7) is 0.378. The van der Waals surface area contributed by atoms with Gasteiger partial charge >= 0.3 is 0 Å². The number of hydrogen-bond donors (Lipinski definition) is 1. The normalized spacial score (nSPS) is 9.00. The Labute approximate surface area is 72.0 Å². The molecule has 2 N–H and O–H groups in total. The van der Waals surface area contributed by atoms with Crippen LogP contribution < -0.4 is 10.6 Å². The molecule has 0 fully saturated rings. The number of nitrogens with two attached hydrogens (primary N) is 1. The van der Waals surface area contributed by atoms with Gasteiger partial charge in [0.25, 0.3) is 0 Å². The van der Waals surface area contributed by atoms with Crippen molar-refractivity contribution in [3.8, 4) is 6.07 Å². The second-order valence-electron chi connectivity index (χ2n) is 2.61. The van der Waals surface area contributed by atoms with Gasteiger partial charge in [-0.3, -0.25) is 0 Å². The van der Waals surface area contributed by atoms with E-state index in [2.05, 4.69) is 6.07 Å². The van der Waals surface area contributed by atoms with Crippen LogP contribution in [0.15, 0.2) is 24.3 Å². The molecule has 0 heterocycles. The molecule has 1 aromatic carbocycles. The summed E-state index contributed by atoms with van der Waals surface area (Å²) in [6, 6.07) is 9.54. The molecular formula is C9H11N3. The van der Waals surface area contributed by atoms with Crippen molar-refractivity contribution in [3.05, 3.63) is 24.3 Å². The molecule has 0 saturated carbocycles. The molecule has 0 aliphatic rings. The predicted octanol–water partition coefficient (Wildman–Crippen LogP) is 1.23. The Balaban J connectivity index is 2.82. The predicted molar refractivity (Wildman–Crippen MR) is 49.7 cm³/mol. The highest BCUT2D eigenvalue weighted by molar-refractivity contribution is 5.55. The smallest absolute Gasteiger partial charge is 0.105 e. The number of nitrogen functional groups attached to an aromatic ring is 1. The highest BCUT2D eigenvalue weighted by Crippen LogP contribution is 2.14. The van der Waals surface area contributed by atoms with Crippen molar-refractivity contribution in [1.29, 1.82) is 5.26 Å². The van der Waals surface area contributed by atoms with Crippen LogP contribution in [-0.4, -0.2) is 13.6 Å². The summed E-state index contributed by atoms with van der Waals surface area (Å²) >= 11 is 0. The lowest BCUT2D eigenvalue weighted by atomic mass is 10.2. The molecule has 3 nitrogen and oxygen atoms in total. The van der Waals surface area contributed by atoms with Crippen LogP contribution in [0, 0.1) is 11.3 Å². The zero-order chi connectivity index (χ0) is 8.97. The molecule has 0 unspecified atom stereocenters. The average molecular weight is 161 g/mol. The summed E-state index contributed by atoms with van der Waals surface area (Å²) < 4.78 is 0. The molecular weight excluding hydrogens is 150 g/mol. The van der Waals surface area contributed by atoms with Crippen molar-refractivity contribution < 1.29 is 0 Å². The lowest BCUT2D eigenvalue weighted by molar-refractivity contribution is 1.04. The number of hydrogen-bond acceptors (Lipinski definition) is 3. The van der Waals surface area contributed by atoms with Crippen LogP contribution in [0.5, 0.6) is 0 Å². The van der Waals surface area contributed by atoms with Gasteiger partial charge in [-0.1, -0.05) is 6.07 Å². The highest BCUT2D eigenvalue weighted by Gasteiger charge is 1.98. The summed E-state index contributed by atoms with van der Waals surface area (Å²) in [4.78, 5) is 1.84. The molecule has 0 saturated heterocycles. The second kappa shape index (κ2) is 3.63. The minimum Gasteiger partial charge on any atom is -0.399 e. The first-order valence-electron chi connectivity index (χ1n) is 3.67. The molecule has 0 aliphatic carbocycles. The molecule has 62 valence electrons. The standard InChI is InChI=1S/C9H11N3/c1-12(6-5-10)9-4-2-3-8(11)7-9/h2-4,7H,6,11H2,1H3. The molecule has 0 atom stereocenters. The molecule has 0 amide bonds. The zero-order valence-corrected chi connectivity index (χ0v) is 6.99. The van der Waals surface area contributed by atoms with Gasteiger partial charge in [0.05, 0.1) is 6.07 Å². The third kappa shape index (κ3) is 1.89. The largest absolute Gasteiger partial charge is 0.399 e. The van der Waals surface area contributed by atoms with E-state index in [0.717, 1.165) is 11.4 Å². The van der Waals surface area contributed by atoms with Crippen LogP contribution in [-0.2, 0) is 0 Å². The number of benzene rings is 1. The number of nitriles is 1. The first-order valence-corrected chi connectivity index (χ1v) is 3.67. The van der Waals surface area contributed by atoms with Gasteiger partial charge < -0.3 is 10.6 Å². The summed E-state index contributed by atoms with van der Waals surface area (Å²) in [5.41, 5.74) is 7.27. The maximum atomic E-state index is 8.44. The minimum atomic E-state index is 0.378.